The van der Waals surface area contributed by atoms with Crippen LogP contribution in [0.25, 0.3) is 22.1 Å². The van der Waals surface area contributed by atoms with Crippen LogP contribution in [0.15, 0.2) is 55.1 Å². The Morgan fingerprint density at radius 3 is 2.04 bits per heavy atom. The zero-order valence-electron chi connectivity index (χ0n) is 30.0. The predicted molar refractivity (Wildman–Crippen MR) is 200 cm³/mol. The molecule has 0 aliphatic rings. The van der Waals surface area contributed by atoms with Crippen molar-refractivity contribution in [3.05, 3.63) is 66.2 Å². The van der Waals surface area contributed by atoms with Crippen LogP contribution < -0.4 is 21.3 Å². The van der Waals surface area contributed by atoms with E-state index in [2.05, 4.69) is 83.0 Å². The maximum atomic E-state index is 12.9. The SMILES string of the molecule is CCC(C)Nc1c(C(=O)Nc2ccccc2)cnc2c1cnn2C(C)C.CCCCNC(=O)c1cnc2c(cnn2CC)c1NCCCC. The number of aryl methyl sites for hydroxylation is 1. The van der Waals surface area contributed by atoms with Crippen molar-refractivity contribution in [1.29, 1.82) is 0 Å². The second-order valence-electron chi connectivity index (χ2n) is 12.4. The first-order valence-electron chi connectivity index (χ1n) is 17.6. The Labute approximate surface area is 289 Å². The Morgan fingerprint density at radius 1 is 0.755 bits per heavy atom. The van der Waals surface area contributed by atoms with Gasteiger partial charge < -0.3 is 21.3 Å². The number of para-hydroxylation sites is 1. The molecular weight excluding hydrogens is 616 g/mol. The van der Waals surface area contributed by atoms with E-state index in [-0.39, 0.29) is 23.9 Å². The molecule has 0 aliphatic heterocycles. The summed E-state index contributed by atoms with van der Waals surface area (Å²) in [6.07, 6.45) is 12.0. The second kappa shape index (κ2) is 18.0. The maximum Gasteiger partial charge on any atom is 0.259 e. The lowest BCUT2D eigenvalue weighted by atomic mass is 10.1. The quantitative estimate of drug-likeness (QED) is 0.0833. The highest BCUT2D eigenvalue weighted by molar-refractivity contribution is 6.12. The van der Waals surface area contributed by atoms with Gasteiger partial charge in [0.05, 0.1) is 45.7 Å². The van der Waals surface area contributed by atoms with Gasteiger partial charge in [-0.05, 0) is 59.1 Å². The smallest absolute Gasteiger partial charge is 0.259 e. The lowest BCUT2D eigenvalue weighted by Crippen LogP contribution is -2.25. The highest BCUT2D eigenvalue weighted by Gasteiger charge is 2.21. The van der Waals surface area contributed by atoms with Crippen LogP contribution in [0.5, 0.6) is 0 Å². The summed E-state index contributed by atoms with van der Waals surface area (Å²) >= 11 is 0. The zero-order chi connectivity index (χ0) is 35.3. The van der Waals surface area contributed by atoms with Crippen molar-refractivity contribution in [1.82, 2.24) is 34.8 Å². The van der Waals surface area contributed by atoms with Gasteiger partial charge in [-0.15, -0.1) is 0 Å². The van der Waals surface area contributed by atoms with Gasteiger partial charge in [-0.1, -0.05) is 51.8 Å². The third kappa shape index (κ3) is 9.13. The first-order chi connectivity index (χ1) is 23.7. The largest absolute Gasteiger partial charge is 0.384 e. The summed E-state index contributed by atoms with van der Waals surface area (Å²) in [5.74, 6) is -0.259. The number of hydrogen-bond donors (Lipinski definition) is 4. The third-order valence-electron chi connectivity index (χ3n) is 8.25. The molecule has 1 unspecified atom stereocenters. The van der Waals surface area contributed by atoms with Gasteiger partial charge in [0, 0.05) is 49.8 Å². The van der Waals surface area contributed by atoms with Crippen molar-refractivity contribution in [3.8, 4) is 0 Å². The van der Waals surface area contributed by atoms with Gasteiger partial charge in [0.25, 0.3) is 11.8 Å². The Kier molecular flexibility index (Phi) is 13.5. The monoisotopic (exact) mass is 668 g/mol. The molecule has 0 radical (unpaired) electrons. The number of aromatic nitrogens is 6. The first-order valence-corrected chi connectivity index (χ1v) is 17.6. The molecule has 12 nitrogen and oxygen atoms in total. The number of carbonyl (C=O) groups excluding carboxylic acids is 2. The van der Waals surface area contributed by atoms with Gasteiger partial charge in [-0.3, -0.25) is 9.59 Å². The number of hydrogen-bond acceptors (Lipinski definition) is 8. The van der Waals surface area contributed by atoms with Crippen molar-refractivity contribution in [2.75, 3.05) is 29.0 Å². The van der Waals surface area contributed by atoms with Crippen molar-refractivity contribution in [3.63, 3.8) is 0 Å². The van der Waals surface area contributed by atoms with Crippen LogP contribution in [0.1, 0.15) is 107 Å². The van der Waals surface area contributed by atoms with E-state index in [0.29, 0.717) is 17.7 Å². The number of nitrogens with one attached hydrogen (secondary N) is 4. The van der Waals surface area contributed by atoms with E-state index in [1.807, 2.05) is 46.6 Å². The molecule has 5 aromatic rings. The zero-order valence-corrected chi connectivity index (χ0v) is 30.0. The number of anilines is 3. The van der Waals surface area contributed by atoms with Gasteiger partial charge in [-0.25, -0.2) is 19.3 Å². The number of pyridine rings is 2. The van der Waals surface area contributed by atoms with Gasteiger partial charge >= 0.3 is 0 Å². The molecule has 1 aromatic carbocycles. The summed E-state index contributed by atoms with van der Waals surface area (Å²) in [5.41, 5.74) is 5.09. The lowest BCUT2D eigenvalue weighted by molar-refractivity contribution is 0.0952. The van der Waals surface area contributed by atoms with Crippen molar-refractivity contribution in [2.45, 2.75) is 99.2 Å². The molecule has 0 bridgehead atoms. The second-order valence-corrected chi connectivity index (χ2v) is 12.4. The summed E-state index contributed by atoms with van der Waals surface area (Å²) < 4.78 is 3.72. The molecule has 262 valence electrons. The molecule has 12 heteroatoms. The number of rotatable bonds is 15. The molecule has 0 spiro atoms. The van der Waals surface area contributed by atoms with Crippen LogP contribution in [0, 0.1) is 0 Å². The van der Waals surface area contributed by atoms with E-state index < -0.39 is 0 Å². The Bertz CT molecular complexity index is 1810. The topological polar surface area (TPSA) is 144 Å². The van der Waals surface area contributed by atoms with E-state index in [0.717, 1.165) is 84.3 Å². The molecular formula is C37H52N10O2. The van der Waals surface area contributed by atoms with E-state index in [1.165, 1.54) is 0 Å². The number of carbonyl (C=O) groups is 2. The normalized spacial score (nSPS) is 11.7. The molecule has 2 amide bonds. The van der Waals surface area contributed by atoms with Gasteiger partial charge in [0.2, 0.25) is 0 Å². The molecule has 49 heavy (non-hydrogen) atoms. The minimum Gasteiger partial charge on any atom is -0.384 e. The van der Waals surface area contributed by atoms with Crippen molar-refractivity contribution < 1.29 is 9.59 Å². The van der Waals surface area contributed by atoms with E-state index >= 15 is 0 Å². The molecule has 4 heterocycles. The van der Waals surface area contributed by atoms with E-state index in [1.54, 1.807) is 24.8 Å². The number of fused-ring (bicyclic) bond motifs is 2. The van der Waals surface area contributed by atoms with Gasteiger partial charge in [0.1, 0.15) is 0 Å². The van der Waals surface area contributed by atoms with Crippen molar-refractivity contribution in [2.24, 2.45) is 0 Å². The third-order valence-corrected chi connectivity index (χ3v) is 8.25. The number of unbranched alkanes of at least 4 members (excludes halogenated alkanes) is 2. The Hall–Kier alpha value is -5.00. The predicted octanol–water partition coefficient (Wildman–Crippen LogP) is 7.67. The average Bonchev–Trinajstić information content (AvgIpc) is 3.74. The number of benzene rings is 1. The number of amides is 2. The van der Waals surface area contributed by atoms with Gasteiger partial charge in [-0.2, -0.15) is 10.2 Å². The highest BCUT2D eigenvalue weighted by Crippen LogP contribution is 2.29. The standard InChI is InChI=1S/C20H25N5O.C17H27N5O/c1-5-14(4)23-18-16-12-22-25(13(2)3)19(16)21-11-17(18)20(26)24-15-9-7-6-8-10-15;1-4-7-9-18-15-13-12-21-22(6-3)16(13)20-11-14(15)17(23)19-10-8-5-2/h6-14H,5H2,1-4H3,(H,21,23)(H,24,26);11-12H,4-10H2,1-3H3,(H,18,20)(H,19,23). The first kappa shape index (κ1) is 36.8. The minimum absolute atomic E-state index is 0.0731. The van der Waals surface area contributed by atoms with Crippen molar-refractivity contribution >= 4 is 50.9 Å². The Morgan fingerprint density at radius 2 is 1.39 bits per heavy atom. The highest BCUT2D eigenvalue weighted by atomic mass is 16.2. The average molecular weight is 669 g/mol. The fourth-order valence-corrected chi connectivity index (χ4v) is 5.25. The van der Waals surface area contributed by atoms with Gasteiger partial charge in [0.15, 0.2) is 11.3 Å². The summed E-state index contributed by atoms with van der Waals surface area (Å²) in [7, 11) is 0. The number of nitrogens with zero attached hydrogens (tertiary/aromatic N) is 6. The molecule has 4 N–H and O–H groups in total. The summed E-state index contributed by atoms with van der Waals surface area (Å²) in [4.78, 5) is 34.3. The van der Waals surface area contributed by atoms with Crippen LogP contribution in [-0.2, 0) is 6.54 Å². The van der Waals surface area contributed by atoms with Crippen LogP contribution in [0.3, 0.4) is 0 Å². The minimum atomic E-state index is -0.186. The van der Waals surface area contributed by atoms with Crippen LogP contribution in [0.4, 0.5) is 17.1 Å². The Balaban J connectivity index is 0.000000223. The summed E-state index contributed by atoms with van der Waals surface area (Å²) in [5, 5.41) is 23.4. The molecule has 0 aliphatic carbocycles. The fraction of sp³-hybridized carbons (Fsp3) is 0.459. The van der Waals surface area contributed by atoms with Crippen LogP contribution in [0.2, 0.25) is 0 Å². The fourth-order valence-electron chi connectivity index (χ4n) is 5.25. The summed E-state index contributed by atoms with van der Waals surface area (Å²) in [6, 6.07) is 9.85. The van der Waals surface area contributed by atoms with Crippen LogP contribution in [-0.4, -0.2) is 60.5 Å². The molecule has 0 saturated carbocycles. The lowest BCUT2D eigenvalue weighted by Gasteiger charge is -2.18. The van der Waals surface area contributed by atoms with E-state index in [9.17, 15) is 9.59 Å². The van der Waals surface area contributed by atoms with E-state index in [4.69, 9.17) is 0 Å². The molecule has 0 saturated heterocycles. The molecule has 0 fully saturated rings. The summed E-state index contributed by atoms with van der Waals surface area (Å²) in [6.45, 7) is 16.9. The molecule has 5 rings (SSSR count). The molecule has 1 atom stereocenters. The molecule has 4 aromatic heterocycles. The maximum absolute atomic E-state index is 12.9. The van der Waals surface area contributed by atoms with Crippen LogP contribution >= 0.6 is 0 Å².